The summed E-state index contributed by atoms with van der Waals surface area (Å²) in [7, 11) is 0. The fraction of sp³-hybridized carbons (Fsp3) is 0.364. The van der Waals surface area contributed by atoms with Crippen LogP contribution in [-0.2, 0) is 19.5 Å². The van der Waals surface area contributed by atoms with E-state index in [9.17, 15) is 23.2 Å². The number of carbonyl (C=O) groups is 1. The Labute approximate surface area is 176 Å². The first kappa shape index (κ1) is 20.0. The number of nitrogens with zero attached hydrogens (tertiary/aromatic N) is 4. The summed E-state index contributed by atoms with van der Waals surface area (Å²) in [4.78, 5) is 18.1. The summed E-state index contributed by atoms with van der Waals surface area (Å²) in [5, 5.41) is 11.2. The number of alkyl halides is 2. The van der Waals surface area contributed by atoms with Crippen LogP contribution in [0.1, 0.15) is 33.6 Å². The van der Waals surface area contributed by atoms with Crippen LogP contribution in [0.4, 0.5) is 13.2 Å². The summed E-state index contributed by atoms with van der Waals surface area (Å²) in [5.41, 5.74) is 3.26. The molecule has 9 heteroatoms. The number of rotatable bonds is 4. The third kappa shape index (κ3) is 3.47. The Morgan fingerprint density at radius 1 is 1.13 bits per heavy atom. The molecule has 0 bridgehead atoms. The fourth-order valence-corrected chi connectivity index (χ4v) is 4.51. The molecule has 0 saturated carbocycles. The van der Waals surface area contributed by atoms with E-state index in [1.165, 1.54) is 17.0 Å². The minimum Gasteiger partial charge on any atom is -0.341 e. The average molecular weight is 430 g/mol. The first-order valence-corrected chi connectivity index (χ1v) is 10.2. The van der Waals surface area contributed by atoms with Crippen molar-refractivity contribution in [2.75, 3.05) is 13.1 Å². The molecule has 1 N–H and O–H groups in total. The predicted molar refractivity (Wildman–Crippen MR) is 107 cm³/mol. The highest BCUT2D eigenvalue weighted by molar-refractivity contribution is 6.00. The molecule has 0 radical (unpaired) electrons. The lowest BCUT2D eigenvalue weighted by Gasteiger charge is -2.23. The molecule has 1 aromatic carbocycles. The zero-order valence-electron chi connectivity index (χ0n) is 16.6. The van der Waals surface area contributed by atoms with E-state index in [0.717, 1.165) is 22.0 Å². The fourth-order valence-electron chi connectivity index (χ4n) is 4.51. The van der Waals surface area contributed by atoms with Crippen LogP contribution < -0.4 is 0 Å². The Morgan fingerprint density at radius 2 is 1.90 bits per heavy atom. The van der Waals surface area contributed by atoms with E-state index in [0.29, 0.717) is 30.1 Å². The highest BCUT2D eigenvalue weighted by Gasteiger charge is 2.35. The number of fused-ring (bicyclic) bond motifs is 3. The molecule has 6 nitrogen and oxygen atoms in total. The highest BCUT2D eigenvalue weighted by atomic mass is 19.2. The van der Waals surface area contributed by atoms with Crippen molar-refractivity contribution in [1.82, 2.24) is 19.5 Å². The number of hydrogen-bond acceptors (Lipinski definition) is 4. The van der Waals surface area contributed by atoms with Gasteiger partial charge >= 0.3 is 0 Å². The minimum absolute atomic E-state index is 0.136. The van der Waals surface area contributed by atoms with Crippen molar-refractivity contribution in [2.45, 2.75) is 38.4 Å². The molecule has 31 heavy (non-hydrogen) atoms. The normalized spacial score (nSPS) is 21.8. The van der Waals surface area contributed by atoms with Crippen LogP contribution >= 0.6 is 0 Å². The van der Waals surface area contributed by atoms with E-state index >= 15 is 0 Å². The molecule has 1 fully saturated rings. The third-order valence-corrected chi connectivity index (χ3v) is 6.09. The van der Waals surface area contributed by atoms with E-state index in [4.69, 9.17) is 0 Å². The molecule has 0 spiro atoms. The lowest BCUT2D eigenvalue weighted by Crippen LogP contribution is -2.35. The zero-order chi connectivity index (χ0) is 21.7. The lowest BCUT2D eigenvalue weighted by molar-refractivity contribution is -0.0606. The van der Waals surface area contributed by atoms with Gasteiger partial charge in [0.05, 0.1) is 18.3 Å². The molecule has 162 valence electrons. The number of likely N-dealkylation sites (tertiary alicyclic amines) is 1. The second kappa shape index (κ2) is 7.65. The van der Waals surface area contributed by atoms with Crippen LogP contribution in [-0.4, -0.2) is 56.2 Å². The molecule has 2 atom stereocenters. The molecule has 4 heterocycles. The number of aromatic nitrogens is 2. The van der Waals surface area contributed by atoms with Gasteiger partial charge in [-0.25, -0.2) is 23.2 Å². The SMILES string of the molecule is O=C1c2ncc3c(c(CN4CC[C@@H](F)C4F)cn3Cc3ccc(F)cc3)c2CCN1O. The maximum Gasteiger partial charge on any atom is 0.296 e. The number of halogens is 3. The molecule has 2 aliphatic heterocycles. The van der Waals surface area contributed by atoms with Crippen LogP contribution in [0, 0.1) is 5.82 Å². The molecule has 1 saturated heterocycles. The number of benzene rings is 1. The molecule has 5 rings (SSSR count). The number of pyridine rings is 1. The molecule has 2 aromatic heterocycles. The van der Waals surface area contributed by atoms with Crippen LogP contribution in [0.2, 0.25) is 0 Å². The van der Waals surface area contributed by atoms with Crippen molar-refractivity contribution in [2.24, 2.45) is 0 Å². The van der Waals surface area contributed by atoms with Crippen molar-refractivity contribution in [1.29, 1.82) is 0 Å². The topological polar surface area (TPSA) is 61.6 Å². The Hall–Kier alpha value is -2.91. The van der Waals surface area contributed by atoms with Gasteiger partial charge in [0.2, 0.25) is 0 Å². The van der Waals surface area contributed by atoms with Crippen molar-refractivity contribution in [3.05, 3.63) is 64.9 Å². The summed E-state index contributed by atoms with van der Waals surface area (Å²) in [5.74, 6) is -0.901. The minimum atomic E-state index is -1.66. The Morgan fingerprint density at radius 3 is 2.61 bits per heavy atom. The maximum atomic E-state index is 14.3. The quantitative estimate of drug-likeness (QED) is 0.509. The Balaban J connectivity index is 1.61. The first-order chi connectivity index (χ1) is 14.9. The number of hydroxylamine groups is 2. The van der Waals surface area contributed by atoms with Crippen molar-refractivity contribution in [3.63, 3.8) is 0 Å². The van der Waals surface area contributed by atoms with Gasteiger partial charge in [0.25, 0.3) is 5.91 Å². The summed E-state index contributed by atoms with van der Waals surface area (Å²) in [6, 6.07) is 6.14. The number of carbonyl (C=O) groups excluding carboxylic acids is 1. The largest absolute Gasteiger partial charge is 0.341 e. The van der Waals surface area contributed by atoms with Gasteiger partial charge in [0.1, 0.15) is 17.7 Å². The standard InChI is InChI=1S/C22H21F3N4O2/c23-15-3-1-13(2-4-15)10-28-12-14(11-27-7-6-17(24)21(27)25)19-16-5-8-29(31)22(30)20(16)26-9-18(19)28/h1-4,9,12,17,21,31H,5-8,10-11H2/t17-,21?/m1/s1. The first-order valence-electron chi connectivity index (χ1n) is 10.2. The molecule has 2 aliphatic rings. The molecular formula is C22H21F3N4O2. The smallest absolute Gasteiger partial charge is 0.296 e. The summed E-state index contributed by atoms with van der Waals surface area (Å²) in [6.07, 6.45) is 0.806. The van der Waals surface area contributed by atoms with Crippen LogP contribution in [0.15, 0.2) is 36.7 Å². The molecular weight excluding hydrogens is 409 g/mol. The second-order valence-electron chi connectivity index (χ2n) is 8.08. The Kier molecular flexibility index (Phi) is 4.94. The summed E-state index contributed by atoms with van der Waals surface area (Å²) in [6.45, 7) is 1.07. The van der Waals surface area contributed by atoms with Crippen molar-refractivity contribution < 1.29 is 23.2 Å². The monoisotopic (exact) mass is 430 g/mol. The molecule has 3 aromatic rings. The van der Waals surface area contributed by atoms with Crippen LogP contribution in [0.25, 0.3) is 10.9 Å². The van der Waals surface area contributed by atoms with Gasteiger partial charge in [-0.3, -0.25) is 14.9 Å². The van der Waals surface area contributed by atoms with Gasteiger partial charge < -0.3 is 4.57 Å². The van der Waals surface area contributed by atoms with Gasteiger partial charge in [-0.15, -0.1) is 0 Å². The molecule has 1 unspecified atom stereocenters. The summed E-state index contributed by atoms with van der Waals surface area (Å²) >= 11 is 0. The van der Waals surface area contributed by atoms with Gasteiger partial charge in [-0.05, 0) is 41.7 Å². The van der Waals surface area contributed by atoms with Crippen LogP contribution in [0.5, 0.6) is 0 Å². The predicted octanol–water partition coefficient (Wildman–Crippen LogP) is 3.45. The van der Waals surface area contributed by atoms with Gasteiger partial charge in [-0.2, -0.15) is 0 Å². The highest BCUT2D eigenvalue weighted by Crippen LogP contribution is 2.33. The maximum absolute atomic E-state index is 14.3. The van der Waals surface area contributed by atoms with Gasteiger partial charge in [-0.1, -0.05) is 12.1 Å². The van der Waals surface area contributed by atoms with Crippen LogP contribution in [0.3, 0.4) is 0 Å². The average Bonchev–Trinajstić information content (AvgIpc) is 3.27. The zero-order valence-corrected chi connectivity index (χ0v) is 16.6. The Bertz CT molecular complexity index is 1150. The second-order valence-corrected chi connectivity index (χ2v) is 8.08. The van der Waals surface area contributed by atoms with E-state index in [1.807, 2.05) is 10.8 Å². The molecule has 1 amide bonds. The van der Waals surface area contributed by atoms with E-state index in [1.54, 1.807) is 18.3 Å². The van der Waals surface area contributed by atoms with Gasteiger partial charge in [0.15, 0.2) is 6.30 Å². The lowest BCUT2D eigenvalue weighted by atomic mass is 9.99. The number of amides is 1. The van der Waals surface area contributed by atoms with E-state index in [-0.39, 0.29) is 31.0 Å². The van der Waals surface area contributed by atoms with E-state index in [2.05, 4.69) is 4.98 Å². The van der Waals surface area contributed by atoms with Gasteiger partial charge in [0, 0.05) is 31.2 Å². The van der Waals surface area contributed by atoms with Crippen molar-refractivity contribution >= 4 is 16.8 Å². The third-order valence-electron chi connectivity index (χ3n) is 6.09. The van der Waals surface area contributed by atoms with Crippen molar-refractivity contribution in [3.8, 4) is 0 Å². The summed E-state index contributed by atoms with van der Waals surface area (Å²) < 4.78 is 43.3. The molecule has 0 aliphatic carbocycles. The van der Waals surface area contributed by atoms with E-state index < -0.39 is 18.4 Å². The number of hydrogen-bond donors (Lipinski definition) is 1.